The number of anilines is 1. The molecular formula is C29H21Cl2N2OPS. The number of nitrogens with one attached hydrogen (secondary N) is 1. The smallest absolute Gasteiger partial charge is 0.217 e. The van der Waals surface area contributed by atoms with E-state index in [-0.39, 0.29) is 0 Å². The Morgan fingerprint density at radius 3 is 1.94 bits per heavy atom. The number of hydrogen-bond acceptors (Lipinski definition) is 3. The van der Waals surface area contributed by atoms with E-state index in [0.29, 0.717) is 15.2 Å². The zero-order valence-corrected chi connectivity index (χ0v) is 22.2. The topological polar surface area (TPSA) is 42.0 Å². The van der Waals surface area contributed by atoms with Crippen molar-refractivity contribution in [3.8, 4) is 11.3 Å². The molecule has 0 unspecified atom stereocenters. The number of aromatic nitrogens is 1. The molecule has 0 aliphatic heterocycles. The Hall–Kier alpha value is -3.14. The van der Waals surface area contributed by atoms with Gasteiger partial charge in [0.05, 0.1) is 15.8 Å². The number of fused-ring (bicyclic) bond motifs is 1. The molecule has 5 rings (SSSR count). The SMILES string of the molecule is O=P(/C=C(\Cl)c1ccccc1)(/C=C(\Cl)c1ccccc1)Nc1nc(-c2cccc3ccccc23)cs1. The largest absolute Gasteiger partial charge is 0.306 e. The average Bonchev–Trinajstić information content (AvgIpc) is 3.36. The molecule has 36 heavy (non-hydrogen) atoms. The van der Waals surface area contributed by atoms with Crippen molar-refractivity contribution >= 4 is 67.8 Å². The quantitative estimate of drug-likeness (QED) is 0.206. The predicted octanol–water partition coefficient (Wildman–Crippen LogP) is 10.1. The van der Waals surface area contributed by atoms with Crippen LogP contribution in [0.3, 0.4) is 0 Å². The van der Waals surface area contributed by atoms with Crippen molar-refractivity contribution in [2.24, 2.45) is 0 Å². The Kier molecular flexibility index (Phi) is 7.41. The lowest BCUT2D eigenvalue weighted by Gasteiger charge is -2.14. The summed E-state index contributed by atoms with van der Waals surface area (Å²) >= 11 is 14.6. The predicted molar refractivity (Wildman–Crippen MR) is 157 cm³/mol. The van der Waals surface area contributed by atoms with Crippen LogP contribution in [0.15, 0.2) is 120 Å². The van der Waals surface area contributed by atoms with E-state index in [0.717, 1.165) is 33.2 Å². The minimum Gasteiger partial charge on any atom is -0.306 e. The monoisotopic (exact) mass is 546 g/mol. The number of rotatable bonds is 7. The molecule has 0 atom stereocenters. The summed E-state index contributed by atoms with van der Waals surface area (Å²) in [5.41, 5.74) is 3.35. The molecule has 1 heterocycles. The fourth-order valence-electron chi connectivity index (χ4n) is 3.83. The number of benzene rings is 4. The van der Waals surface area contributed by atoms with Gasteiger partial charge >= 0.3 is 0 Å². The molecular weight excluding hydrogens is 526 g/mol. The van der Waals surface area contributed by atoms with Crippen LogP contribution >= 0.6 is 41.8 Å². The second-order valence-electron chi connectivity index (χ2n) is 8.07. The van der Waals surface area contributed by atoms with Crippen LogP contribution in [-0.4, -0.2) is 4.98 Å². The van der Waals surface area contributed by atoms with Crippen LogP contribution in [-0.2, 0) is 4.57 Å². The Bertz CT molecular complexity index is 1550. The molecule has 0 spiro atoms. The van der Waals surface area contributed by atoms with E-state index in [1.165, 1.54) is 23.0 Å². The highest BCUT2D eigenvalue weighted by molar-refractivity contribution is 7.72. The first-order valence-electron chi connectivity index (χ1n) is 11.2. The average molecular weight is 547 g/mol. The van der Waals surface area contributed by atoms with Gasteiger partial charge in [-0.2, -0.15) is 0 Å². The molecule has 0 saturated heterocycles. The molecule has 0 aliphatic rings. The summed E-state index contributed by atoms with van der Waals surface area (Å²) in [6.45, 7) is 0. The maximum atomic E-state index is 14.2. The fraction of sp³-hybridized carbons (Fsp3) is 0. The third-order valence-corrected chi connectivity index (χ3v) is 9.26. The normalized spacial score (nSPS) is 12.6. The van der Waals surface area contributed by atoms with Gasteiger partial charge in [-0.3, -0.25) is 4.57 Å². The van der Waals surface area contributed by atoms with Crippen molar-refractivity contribution in [3.63, 3.8) is 0 Å². The van der Waals surface area contributed by atoms with E-state index in [1.54, 1.807) is 0 Å². The summed E-state index contributed by atoms with van der Waals surface area (Å²) in [7, 11) is -3.40. The van der Waals surface area contributed by atoms with Crippen molar-refractivity contribution in [1.29, 1.82) is 0 Å². The Morgan fingerprint density at radius 2 is 1.31 bits per heavy atom. The van der Waals surface area contributed by atoms with E-state index in [2.05, 4.69) is 23.3 Å². The molecule has 178 valence electrons. The van der Waals surface area contributed by atoms with Gasteiger partial charge < -0.3 is 5.09 Å². The van der Waals surface area contributed by atoms with E-state index in [4.69, 9.17) is 28.2 Å². The molecule has 5 aromatic rings. The molecule has 0 aliphatic carbocycles. The van der Waals surface area contributed by atoms with Crippen LogP contribution in [0.1, 0.15) is 11.1 Å². The number of nitrogens with zero attached hydrogens (tertiary/aromatic N) is 1. The fourth-order valence-corrected chi connectivity index (χ4v) is 7.67. The van der Waals surface area contributed by atoms with Crippen LogP contribution in [0.4, 0.5) is 5.13 Å². The Balaban J connectivity index is 1.53. The zero-order chi connectivity index (χ0) is 25.0. The van der Waals surface area contributed by atoms with Gasteiger partial charge in [-0.15, -0.1) is 11.3 Å². The van der Waals surface area contributed by atoms with Crippen molar-refractivity contribution < 1.29 is 4.57 Å². The van der Waals surface area contributed by atoms with E-state index < -0.39 is 7.29 Å². The van der Waals surface area contributed by atoms with Crippen molar-refractivity contribution in [2.75, 3.05) is 5.09 Å². The van der Waals surface area contributed by atoms with Crippen LogP contribution in [0.25, 0.3) is 32.1 Å². The zero-order valence-electron chi connectivity index (χ0n) is 19.0. The highest BCUT2D eigenvalue weighted by Gasteiger charge is 2.21. The molecule has 0 bridgehead atoms. The minimum atomic E-state index is -3.40. The first-order valence-corrected chi connectivity index (χ1v) is 14.7. The van der Waals surface area contributed by atoms with Gasteiger partial charge in [-0.1, -0.05) is 126 Å². The summed E-state index contributed by atoms with van der Waals surface area (Å²) < 4.78 is 14.2. The maximum absolute atomic E-state index is 14.2. The molecule has 3 nitrogen and oxygen atoms in total. The number of thiazole rings is 1. The Labute approximate surface area is 224 Å². The third kappa shape index (κ3) is 5.64. The lowest BCUT2D eigenvalue weighted by atomic mass is 10.0. The highest BCUT2D eigenvalue weighted by atomic mass is 35.5. The molecule has 1 N–H and O–H groups in total. The number of halogens is 2. The van der Waals surface area contributed by atoms with Crippen LogP contribution in [0.5, 0.6) is 0 Å². The summed E-state index contributed by atoms with van der Waals surface area (Å²) in [5.74, 6) is 3.07. The second kappa shape index (κ2) is 10.9. The van der Waals surface area contributed by atoms with E-state index in [9.17, 15) is 4.57 Å². The van der Waals surface area contributed by atoms with Crippen molar-refractivity contribution in [2.45, 2.75) is 0 Å². The van der Waals surface area contributed by atoms with E-state index in [1.807, 2.05) is 90.3 Å². The first-order chi connectivity index (χ1) is 17.5. The third-order valence-electron chi connectivity index (χ3n) is 5.55. The second-order valence-corrected chi connectivity index (χ2v) is 11.9. The Morgan fingerprint density at radius 1 is 0.750 bits per heavy atom. The minimum absolute atomic E-state index is 0.367. The molecule has 0 saturated carbocycles. The van der Waals surface area contributed by atoms with Gasteiger partial charge in [-0.05, 0) is 21.9 Å². The van der Waals surface area contributed by atoms with Crippen LogP contribution in [0.2, 0.25) is 0 Å². The van der Waals surface area contributed by atoms with Gasteiger partial charge in [0.15, 0.2) is 5.13 Å². The summed E-state index contributed by atoms with van der Waals surface area (Å²) in [6, 6.07) is 33.1. The first kappa shape index (κ1) is 24.5. The lowest BCUT2D eigenvalue weighted by Crippen LogP contribution is -1.94. The molecule has 1 aromatic heterocycles. The standard InChI is InChI=1S/C29H21Cl2N2OPS/c30-26(22-11-3-1-4-12-22)18-35(34,19-27(31)23-13-5-2-6-14-23)33-29-32-28(20-36-29)25-17-9-15-21-10-7-8-16-24(21)25/h1-20H,(H,32,33,34)/b26-18-,27-19-. The number of hydrogen-bond donors (Lipinski definition) is 1. The van der Waals surface area contributed by atoms with Crippen LogP contribution < -0.4 is 5.09 Å². The lowest BCUT2D eigenvalue weighted by molar-refractivity contribution is 0.589. The van der Waals surface area contributed by atoms with Crippen molar-refractivity contribution in [1.82, 2.24) is 4.98 Å². The van der Waals surface area contributed by atoms with Gasteiger partial charge in [-0.25, -0.2) is 4.98 Å². The molecule has 0 radical (unpaired) electrons. The van der Waals surface area contributed by atoms with E-state index >= 15 is 0 Å². The van der Waals surface area contributed by atoms with Gasteiger partial charge in [0, 0.05) is 22.6 Å². The van der Waals surface area contributed by atoms with Crippen LogP contribution in [0, 0.1) is 0 Å². The summed E-state index contributed by atoms with van der Waals surface area (Å²) in [4.78, 5) is 4.77. The van der Waals surface area contributed by atoms with Crippen molar-refractivity contribution in [3.05, 3.63) is 131 Å². The molecule has 7 heteroatoms. The molecule has 0 amide bonds. The summed E-state index contributed by atoms with van der Waals surface area (Å²) in [5, 5.41) is 8.59. The van der Waals surface area contributed by atoms with Gasteiger partial charge in [0.1, 0.15) is 0 Å². The molecule has 4 aromatic carbocycles. The van der Waals surface area contributed by atoms with Gasteiger partial charge in [0.2, 0.25) is 7.29 Å². The highest BCUT2D eigenvalue weighted by Crippen LogP contribution is 2.54. The molecule has 0 fully saturated rings. The maximum Gasteiger partial charge on any atom is 0.217 e. The summed E-state index contributed by atoms with van der Waals surface area (Å²) in [6.07, 6.45) is 0. The van der Waals surface area contributed by atoms with Gasteiger partial charge in [0.25, 0.3) is 0 Å².